The highest BCUT2D eigenvalue weighted by Gasteiger charge is 2.26. The second kappa shape index (κ2) is 2.96. The van der Waals surface area contributed by atoms with E-state index in [1.807, 2.05) is 0 Å². The summed E-state index contributed by atoms with van der Waals surface area (Å²) >= 11 is 0. The minimum Gasteiger partial charge on any atom is -0.505 e. The molecule has 0 aromatic heterocycles. The summed E-state index contributed by atoms with van der Waals surface area (Å²) in [6.45, 7) is 2.49. The van der Waals surface area contributed by atoms with Crippen molar-refractivity contribution in [1.82, 2.24) is 0 Å². The molecule has 0 saturated heterocycles. The maximum atomic E-state index is 13.1. The quantitative estimate of drug-likeness (QED) is 0.706. The molecule has 0 aliphatic heterocycles. The standard InChI is InChI=1S/C9H10F2O2/c1-9(2,13)7-5(10)3-4-6(12)8(7)11/h3-4,12-13H,1-2H3. The van der Waals surface area contributed by atoms with E-state index in [1.54, 1.807) is 0 Å². The van der Waals surface area contributed by atoms with Gasteiger partial charge in [0.1, 0.15) is 5.82 Å². The molecule has 0 bridgehead atoms. The zero-order valence-electron chi connectivity index (χ0n) is 7.31. The summed E-state index contributed by atoms with van der Waals surface area (Å²) in [6.07, 6.45) is 0. The topological polar surface area (TPSA) is 40.5 Å². The van der Waals surface area contributed by atoms with Crippen LogP contribution < -0.4 is 0 Å². The van der Waals surface area contributed by atoms with E-state index in [4.69, 9.17) is 5.11 Å². The maximum absolute atomic E-state index is 13.1. The molecule has 0 unspecified atom stereocenters. The van der Waals surface area contributed by atoms with Crippen molar-refractivity contribution < 1.29 is 19.0 Å². The SMILES string of the molecule is CC(C)(O)c1c(F)ccc(O)c1F. The maximum Gasteiger partial charge on any atom is 0.173 e. The molecule has 0 aliphatic carbocycles. The lowest BCUT2D eigenvalue weighted by molar-refractivity contribution is 0.0695. The van der Waals surface area contributed by atoms with Crippen molar-refractivity contribution in [2.75, 3.05) is 0 Å². The van der Waals surface area contributed by atoms with E-state index < -0.39 is 28.5 Å². The summed E-state index contributed by atoms with van der Waals surface area (Å²) < 4.78 is 26.1. The average molecular weight is 188 g/mol. The molecular formula is C9H10F2O2. The van der Waals surface area contributed by atoms with E-state index in [0.29, 0.717) is 0 Å². The lowest BCUT2D eigenvalue weighted by Crippen LogP contribution is -2.19. The van der Waals surface area contributed by atoms with Gasteiger partial charge < -0.3 is 10.2 Å². The van der Waals surface area contributed by atoms with Crippen LogP contribution in [0.4, 0.5) is 8.78 Å². The van der Waals surface area contributed by atoms with Crippen molar-refractivity contribution in [3.8, 4) is 5.75 Å². The average Bonchev–Trinajstić information content (AvgIpc) is 1.95. The van der Waals surface area contributed by atoms with Gasteiger partial charge in [0.05, 0.1) is 11.2 Å². The molecular weight excluding hydrogens is 178 g/mol. The molecule has 4 heteroatoms. The second-order valence-electron chi connectivity index (χ2n) is 3.31. The zero-order valence-corrected chi connectivity index (χ0v) is 7.31. The van der Waals surface area contributed by atoms with Crippen LogP contribution in [0.2, 0.25) is 0 Å². The number of aliphatic hydroxyl groups is 1. The largest absolute Gasteiger partial charge is 0.505 e. The monoisotopic (exact) mass is 188 g/mol. The molecule has 0 aliphatic rings. The molecule has 1 rings (SSSR count). The predicted molar refractivity (Wildman–Crippen MR) is 43.3 cm³/mol. The molecule has 0 radical (unpaired) electrons. The highest BCUT2D eigenvalue weighted by Crippen LogP contribution is 2.30. The fourth-order valence-corrected chi connectivity index (χ4v) is 1.10. The molecule has 0 amide bonds. The Morgan fingerprint density at radius 2 is 1.77 bits per heavy atom. The summed E-state index contributed by atoms with van der Waals surface area (Å²) in [7, 11) is 0. The number of rotatable bonds is 1. The second-order valence-corrected chi connectivity index (χ2v) is 3.31. The van der Waals surface area contributed by atoms with Crippen LogP contribution in [0.15, 0.2) is 12.1 Å². The summed E-state index contributed by atoms with van der Waals surface area (Å²) in [5, 5.41) is 18.3. The van der Waals surface area contributed by atoms with Crippen molar-refractivity contribution in [2.24, 2.45) is 0 Å². The highest BCUT2D eigenvalue weighted by atomic mass is 19.1. The number of hydrogen-bond acceptors (Lipinski definition) is 2. The van der Waals surface area contributed by atoms with E-state index >= 15 is 0 Å². The van der Waals surface area contributed by atoms with Crippen molar-refractivity contribution in [1.29, 1.82) is 0 Å². The molecule has 0 atom stereocenters. The van der Waals surface area contributed by atoms with Crippen molar-refractivity contribution in [3.63, 3.8) is 0 Å². The molecule has 1 aromatic rings. The first-order valence-electron chi connectivity index (χ1n) is 3.74. The Morgan fingerprint density at radius 3 is 2.15 bits per heavy atom. The number of phenols is 1. The smallest absolute Gasteiger partial charge is 0.173 e. The van der Waals surface area contributed by atoms with Crippen LogP contribution in [-0.2, 0) is 5.60 Å². The van der Waals surface area contributed by atoms with E-state index in [-0.39, 0.29) is 0 Å². The molecule has 13 heavy (non-hydrogen) atoms. The van der Waals surface area contributed by atoms with Gasteiger partial charge in [-0.05, 0) is 26.0 Å². The highest BCUT2D eigenvalue weighted by molar-refractivity contribution is 5.34. The number of aromatic hydroxyl groups is 1. The van der Waals surface area contributed by atoms with Gasteiger partial charge in [-0.1, -0.05) is 0 Å². The summed E-state index contributed by atoms with van der Waals surface area (Å²) in [5.41, 5.74) is -2.17. The van der Waals surface area contributed by atoms with Gasteiger partial charge >= 0.3 is 0 Å². The van der Waals surface area contributed by atoms with Crippen LogP contribution in [-0.4, -0.2) is 10.2 Å². The third-order valence-corrected chi connectivity index (χ3v) is 1.68. The third-order valence-electron chi connectivity index (χ3n) is 1.68. The van der Waals surface area contributed by atoms with E-state index in [9.17, 15) is 13.9 Å². The molecule has 2 N–H and O–H groups in total. The Morgan fingerprint density at radius 1 is 1.23 bits per heavy atom. The van der Waals surface area contributed by atoms with E-state index in [0.717, 1.165) is 12.1 Å². The predicted octanol–water partition coefficient (Wildman–Crippen LogP) is 1.90. The molecule has 2 nitrogen and oxygen atoms in total. The molecule has 0 spiro atoms. The fourth-order valence-electron chi connectivity index (χ4n) is 1.10. The summed E-state index contributed by atoms with van der Waals surface area (Å²) in [4.78, 5) is 0. The summed E-state index contributed by atoms with van der Waals surface area (Å²) in [6, 6.07) is 1.81. The number of benzene rings is 1. The van der Waals surface area contributed by atoms with Gasteiger partial charge in [-0.25, -0.2) is 8.78 Å². The fraction of sp³-hybridized carbons (Fsp3) is 0.333. The van der Waals surface area contributed by atoms with Gasteiger partial charge in [0, 0.05) is 0 Å². The normalized spacial score (nSPS) is 11.8. The Balaban J connectivity index is 3.43. The van der Waals surface area contributed by atoms with Gasteiger partial charge in [0.2, 0.25) is 0 Å². The minimum atomic E-state index is -1.65. The summed E-state index contributed by atoms with van der Waals surface area (Å²) in [5.74, 6) is -2.66. The van der Waals surface area contributed by atoms with Gasteiger partial charge in [-0.2, -0.15) is 0 Å². The molecule has 0 fully saturated rings. The van der Waals surface area contributed by atoms with Crippen LogP contribution in [0, 0.1) is 11.6 Å². The van der Waals surface area contributed by atoms with Gasteiger partial charge in [0.25, 0.3) is 0 Å². The van der Waals surface area contributed by atoms with Gasteiger partial charge in [-0.3, -0.25) is 0 Å². The van der Waals surface area contributed by atoms with Crippen molar-refractivity contribution >= 4 is 0 Å². The lowest BCUT2D eigenvalue weighted by atomic mass is 9.97. The Kier molecular flexibility index (Phi) is 2.26. The Bertz CT molecular complexity index is 329. The van der Waals surface area contributed by atoms with Crippen LogP contribution in [0.3, 0.4) is 0 Å². The number of halogens is 2. The van der Waals surface area contributed by atoms with Crippen LogP contribution in [0.5, 0.6) is 5.75 Å². The van der Waals surface area contributed by atoms with Crippen LogP contribution in [0.25, 0.3) is 0 Å². The van der Waals surface area contributed by atoms with E-state index in [1.165, 1.54) is 13.8 Å². The first kappa shape index (κ1) is 9.92. The van der Waals surface area contributed by atoms with Crippen LogP contribution in [0.1, 0.15) is 19.4 Å². The minimum absolute atomic E-state index is 0.521. The van der Waals surface area contributed by atoms with E-state index in [2.05, 4.69) is 0 Å². The number of phenolic OH excluding ortho intramolecular Hbond substituents is 1. The van der Waals surface area contributed by atoms with Crippen molar-refractivity contribution in [3.05, 3.63) is 29.3 Å². The van der Waals surface area contributed by atoms with Crippen LogP contribution >= 0.6 is 0 Å². The Hall–Kier alpha value is -1.16. The first-order chi connectivity index (χ1) is 5.84. The molecule has 0 saturated carbocycles. The number of hydrogen-bond donors (Lipinski definition) is 2. The third kappa shape index (κ3) is 1.78. The van der Waals surface area contributed by atoms with Gasteiger partial charge in [0.15, 0.2) is 11.6 Å². The molecule has 72 valence electrons. The Labute approximate surface area is 74.4 Å². The molecule has 1 aromatic carbocycles. The zero-order chi connectivity index (χ0) is 10.2. The first-order valence-corrected chi connectivity index (χ1v) is 3.74. The lowest BCUT2D eigenvalue weighted by Gasteiger charge is -2.19. The van der Waals surface area contributed by atoms with Gasteiger partial charge in [-0.15, -0.1) is 0 Å². The molecule has 0 heterocycles. The van der Waals surface area contributed by atoms with Crippen molar-refractivity contribution in [2.45, 2.75) is 19.4 Å².